The summed E-state index contributed by atoms with van der Waals surface area (Å²) < 4.78 is 10.3. The van der Waals surface area contributed by atoms with Gasteiger partial charge in [0.2, 0.25) is 0 Å². The van der Waals surface area contributed by atoms with Crippen molar-refractivity contribution >= 4 is 0 Å². The maximum absolute atomic E-state index is 10.5. The molecule has 0 aliphatic carbocycles. The smallest absolute Gasteiger partial charge is 0.137 e. The van der Waals surface area contributed by atoms with E-state index in [-0.39, 0.29) is 0 Å². The van der Waals surface area contributed by atoms with Crippen molar-refractivity contribution in [2.45, 2.75) is 25.9 Å². The molecule has 0 bridgehead atoms. The lowest BCUT2D eigenvalue weighted by Crippen LogP contribution is -2.29. The largest absolute Gasteiger partial charge is 0.492 e. The van der Waals surface area contributed by atoms with Gasteiger partial charge in [0.05, 0.1) is 25.0 Å². The number of hydrogen-bond acceptors (Lipinski definition) is 5. The van der Waals surface area contributed by atoms with Gasteiger partial charge < -0.3 is 19.9 Å². The summed E-state index contributed by atoms with van der Waals surface area (Å²) >= 11 is 0. The molecule has 1 rings (SSSR count). The topological polar surface area (TPSA) is 63.6 Å². The van der Waals surface area contributed by atoms with E-state index >= 15 is 0 Å². The number of hydrogen-bond donors (Lipinski definition) is 2. The van der Waals surface area contributed by atoms with Crippen molar-refractivity contribution in [3.05, 3.63) is 24.0 Å². The average molecular weight is 268 g/mol. The molecule has 1 atom stereocenters. The number of nitrogens with one attached hydrogen (secondary N) is 1. The Morgan fingerprint density at radius 1 is 1.37 bits per heavy atom. The highest BCUT2D eigenvalue weighted by atomic mass is 16.5. The Labute approximate surface area is 115 Å². The average Bonchev–Trinajstić information content (AvgIpc) is 2.39. The molecule has 1 unspecified atom stereocenters. The van der Waals surface area contributed by atoms with E-state index < -0.39 is 5.60 Å². The molecule has 1 heterocycles. The number of rotatable bonds is 9. The molecule has 19 heavy (non-hydrogen) atoms. The van der Waals surface area contributed by atoms with Crippen LogP contribution in [0.5, 0.6) is 5.75 Å². The fourth-order valence-electron chi connectivity index (χ4n) is 1.73. The second-order valence-corrected chi connectivity index (χ2v) is 4.61. The summed E-state index contributed by atoms with van der Waals surface area (Å²) in [5.41, 5.74) is -0.146. The quantitative estimate of drug-likeness (QED) is 0.661. The van der Waals surface area contributed by atoms with Crippen LogP contribution >= 0.6 is 0 Å². The highest BCUT2D eigenvalue weighted by molar-refractivity contribution is 5.27. The summed E-state index contributed by atoms with van der Waals surface area (Å²) in [6.07, 6.45) is 3.94. The number of aromatic nitrogens is 1. The van der Waals surface area contributed by atoms with Gasteiger partial charge in [-0.3, -0.25) is 4.98 Å². The summed E-state index contributed by atoms with van der Waals surface area (Å²) in [7, 11) is 1.67. The Morgan fingerprint density at radius 2 is 2.16 bits per heavy atom. The zero-order chi connectivity index (χ0) is 14.1. The number of nitrogens with zero attached hydrogens (tertiary/aromatic N) is 1. The van der Waals surface area contributed by atoms with Crippen LogP contribution in [0.3, 0.4) is 0 Å². The van der Waals surface area contributed by atoms with E-state index in [0.29, 0.717) is 25.4 Å². The Bertz CT molecular complexity index is 369. The summed E-state index contributed by atoms with van der Waals surface area (Å²) in [5.74, 6) is 0.688. The molecular formula is C14H24N2O3. The van der Waals surface area contributed by atoms with E-state index in [1.165, 1.54) is 0 Å². The maximum atomic E-state index is 10.5. The molecule has 5 nitrogen and oxygen atoms in total. The molecule has 0 aromatic carbocycles. The highest BCUT2D eigenvalue weighted by Gasteiger charge is 2.23. The number of aliphatic hydroxyl groups is 1. The van der Waals surface area contributed by atoms with Crippen LogP contribution in [-0.4, -0.2) is 43.5 Å². The molecule has 0 amide bonds. The Hall–Kier alpha value is -1.17. The van der Waals surface area contributed by atoms with Gasteiger partial charge in [-0.15, -0.1) is 0 Å². The SMILES string of the molecule is CCOc1cncc(C(C)(O)CCNCCOC)c1. The van der Waals surface area contributed by atoms with Gasteiger partial charge in [0.1, 0.15) is 5.75 Å². The number of pyridine rings is 1. The molecule has 0 radical (unpaired) electrons. The summed E-state index contributed by atoms with van der Waals surface area (Å²) in [6.45, 7) is 6.47. The number of ether oxygens (including phenoxy) is 2. The highest BCUT2D eigenvalue weighted by Crippen LogP contribution is 2.26. The minimum absolute atomic E-state index is 0.589. The summed E-state index contributed by atoms with van der Waals surface area (Å²) in [5, 5.41) is 13.7. The summed E-state index contributed by atoms with van der Waals surface area (Å²) in [4.78, 5) is 4.10. The second kappa shape index (κ2) is 8.09. The van der Waals surface area contributed by atoms with Crippen LogP contribution in [0.1, 0.15) is 25.8 Å². The van der Waals surface area contributed by atoms with Crippen molar-refractivity contribution in [1.82, 2.24) is 10.3 Å². The Kier molecular flexibility index (Phi) is 6.77. The van der Waals surface area contributed by atoms with Gasteiger partial charge in [0, 0.05) is 25.4 Å². The number of methoxy groups -OCH3 is 1. The van der Waals surface area contributed by atoms with Gasteiger partial charge in [0.25, 0.3) is 0 Å². The van der Waals surface area contributed by atoms with E-state index in [4.69, 9.17) is 9.47 Å². The maximum Gasteiger partial charge on any atom is 0.137 e. The van der Waals surface area contributed by atoms with Gasteiger partial charge in [0.15, 0.2) is 0 Å². The van der Waals surface area contributed by atoms with Gasteiger partial charge in [-0.2, -0.15) is 0 Å². The molecular weight excluding hydrogens is 244 g/mol. The fraction of sp³-hybridized carbons (Fsp3) is 0.643. The monoisotopic (exact) mass is 268 g/mol. The van der Waals surface area contributed by atoms with Crippen molar-refractivity contribution in [3.8, 4) is 5.75 Å². The van der Waals surface area contributed by atoms with Crippen LogP contribution in [0, 0.1) is 0 Å². The van der Waals surface area contributed by atoms with Crippen LogP contribution in [-0.2, 0) is 10.3 Å². The van der Waals surface area contributed by atoms with E-state index in [1.807, 2.05) is 13.0 Å². The zero-order valence-corrected chi connectivity index (χ0v) is 12.0. The van der Waals surface area contributed by atoms with Gasteiger partial charge >= 0.3 is 0 Å². The predicted octanol–water partition coefficient (Wildman–Crippen LogP) is 1.31. The summed E-state index contributed by atoms with van der Waals surface area (Å²) in [6, 6.07) is 1.84. The fourth-order valence-corrected chi connectivity index (χ4v) is 1.73. The molecule has 0 saturated carbocycles. The third-order valence-electron chi connectivity index (χ3n) is 2.92. The molecule has 2 N–H and O–H groups in total. The molecule has 0 fully saturated rings. The van der Waals surface area contributed by atoms with Crippen LogP contribution in [0.25, 0.3) is 0 Å². The standard InChI is InChI=1S/C14H24N2O3/c1-4-19-13-9-12(10-16-11-13)14(2,17)5-6-15-7-8-18-3/h9-11,15,17H,4-8H2,1-3H3. The van der Waals surface area contributed by atoms with E-state index in [0.717, 1.165) is 18.7 Å². The predicted molar refractivity (Wildman–Crippen MR) is 74.3 cm³/mol. The molecule has 1 aromatic rings. The zero-order valence-electron chi connectivity index (χ0n) is 12.0. The van der Waals surface area contributed by atoms with Gasteiger partial charge in [-0.25, -0.2) is 0 Å². The van der Waals surface area contributed by atoms with E-state index in [9.17, 15) is 5.11 Å². The Balaban J connectivity index is 2.53. The van der Waals surface area contributed by atoms with Crippen molar-refractivity contribution in [2.24, 2.45) is 0 Å². The minimum Gasteiger partial charge on any atom is -0.492 e. The lowest BCUT2D eigenvalue weighted by atomic mass is 9.94. The molecule has 0 saturated heterocycles. The molecule has 108 valence electrons. The first-order valence-corrected chi connectivity index (χ1v) is 6.60. The minimum atomic E-state index is -0.916. The van der Waals surface area contributed by atoms with E-state index in [2.05, 4.69) is 10.3 Å². The van der Waals surface area contributed by atoms with Crippen LogP contribution in [0.4, 0.5) is 0 Å². The first-order valence-electron chi connectivity index (χ1n) is 6.60. The normalized spacial score (nSPS) is 14.1. The van der Waals surface area contributed by atoms with E-state index in [1.54, 1.807) is 26.4 Å². The Morgan fingerprint density at radius 3 is 2.84 bits per heavy atom. The first kappa shape index (κ1) is 15.9. The first-order chi connectivity index (χ1) is 9.10. The third kappa shape index (κ3) is 5.55. The van der Waals surface area contributed by atoms with Crippen LogP contribution in [0.15, 0.2) is 18.5 Å². The third-order valence-corrected chi connectivity index (χ3v) is 2.92. The van der Waals surface area contributed by atoms with Crippen molar-refractivity contribution in [3.63, 3.8) is 0 Å². The van der Waals surface area contributed by atoms with Gasteiger partial charge in [-0.1, -0.05) is 0 Å². The van der Waals surface area contributed by atoms with Crippen LogP contribution < -0.4 is 10.1 Å². The molecule has 5 heteroatoms. The van der Waals surface area contributed by atoms with Crippen LogP contribution in [0.2, 0.25) is 0 Å². The van der Waals surface area contributed by atoms with Crippen molar-refractivity contribution < 1.29 is 14.6 Å². The molecule has 0 aliphatic rings. The molecule has 0 spiro atoms. The lowest BCUT2D eigenvalue weighted by molar-refractivity contribution is 0.0469. The van der Waals surface area contributed by atoms with Crippen molar-refractivity contribution in [2.75, 3.05) is 33.4 Å². The lowest BCUT2D eigenvalue weighted by Gasteiger charge is -2.24. The molecule has 0 aliphatic heterocycles. The van der Waals surface area contributed by atoms with Gasteiger partial charge in [-0.05, 0) is 32.9 Å². The molecule has 1 aromatic heterocycles. The second-order valence-electron chi connectivity index (χ2n) is 4.61. The van der Waals surface area contributed by atoms with Crippen molar-refractivity contribution in [1.29, 1.82) is 0 Å².